The van der Waals surface area contributed by atoms with Gasteiger partial charge in [-0.1, -0.05) is 0 Å². The second-order valence-electron chi connectivity index (χ2n) is 3.03. The third-order valence-electron chi connectivity index (χ3n) is 1.80. The number of rotatable bonds is 7. The van der Waals surface area contributed by atoms with Crippen LogP contribution in [0.25, 0.3) is 0 Å². The number of carbonyl (C=O) groups excluding carboxylic acids is 1. The summed E-state index contributed by atoms with van der Waals surface area (Å²) in [6.45, 7) is 4.09. The van der Waals surface area contributed by atoms with Gasteiger partial charge >= 0.3 is 7.60 Å². The van der Waals surface area contributed by atoms with Gasteiger partial charge in [-0.25, -0.2) is 0 Å². The molecule has 0 saturated carbocycles. The largest absolute Gasteiger partial charge is 0.458 e. The van der Waals surface area contributed by atoms with Gasteiger partial charge in [-0.3, -0.25) is 9.36 Å². The first kappa shape index (κ1) is 13.2. The molecule has 0 aliphatic rings. The fraction of sp³-hybridized carbons (Fsp3) is 0.500. The van der Waals surface area contributed by atoms with E-state index in [0.29, 0.717) is 25.3 Å². The van der Waals surface area contributed by atoms with Gasteiger partial charge in [-0.05, 0) is 26.0 Å². The third-order valence-corrected chi connectivity index (χ3v) is 3.80. The molecule has 0 N–H and O–H groups in total. The zero-order valence-electron chi connectivity index (χ0n) is 9.34. The average molecular weight is 246 g/mol. The Morgan fingerprint density at radius 2 is 1.94 bits per heavy atom. The molecular weight excluding hydrogens is 231 g/mol. The van der Waals surface area contributed by atoms with Crippen LogP contribution in [-0.2, 0) is 19.8 Å². The van der Waals surface area contributed by atoms with Crippen LogP contribution in [0.3, 0.4) is 0 Å². The Bertz CT molecular complexity index is 374. The zero-order chi connectivity index (χ0) is 12.0. The number of carbonyl (C=O) groups is 1. The van der Waals surface area contributed by atoms with Crippen LogP contribution in [0.1, 0.15) is 30.2 Å². The highest BCUT2D eigenvalue weighted by molar-refractivity contribution is 7.53. The summed E-state index contributed by atoms with van der Waals surface area (Å²) in [7, 11) is -3.15. The summed E-state index contributed by atoms with van der Waals surface area (Å²) in [5, 5.41) is 0. The van der Waals surface area contributed by atoms with Crippen molar-refractivity contribution in [3.8, 4) is 0 Å². The van der Waals surface area contributed by atoms with E-state index in [-0.39, 0.29) is 11.9 Å². The minimum atomic E-state index is -3.15. The highest BCUT2D eigenvalue weighted by atomic mass is 31.2. The molecule has 1 rings (SSSR count). The van der Waals surface area contributed by atoms with Crippen LogP contribution >= 0.6 is 7.60 Å². The van der Waals surface area contributed by atoms with Gasteiger partial charge in [0.2, 0.25) is 0 Å². The minimum Gasteiger partial charge on any atom is -0.458 e. The smallest absolute Gasteiger partial charge is 0.338 e. The lowest BCUT2D eigenvalue weighted by molar-refractivity contribution is 0.109. The number of hydrogen-bond donors (Lipinski definition) is 0. The van der Waals surface area contributed by atoms with Crippen molar-refractivity contribution in [2.75, 3.05) is 13.2 Å². The van der Waals surface area contributed by atoms with Crippen molar-refractivity contribution in [2.24, 2.45) is 0 Å². The standard InChI is InChI=1S/C10H15O5P/c1-3-13-16(12,14-4-2)8-10-6-5-9(7-11)15-10/h5-7H,3-4,8H2,1-2H3. The molecule has 1 aromatic rings. The highest BCUT2D eigenvalue weighted by Crippen LogP contribution is 2.51. The minimum absolute atomic E-state index is 0.0442. The molecule has 90 valence electrons. The quantitative estimate of drug-likeness (QED) is 0.546. The zero-order valence-corrected chi connectivity index (χ0v) is 10.2. The van der Waals surface area contributed by atoms with Gasteiger partial charge in [0, 0.05) is 0 Å². The molecule has 16 heavy (non-hydrogen) atoms. The van der Waals surface area contributed by atoms with E-state index in [4.69, 9.17) is 13.5 Å². The molecule has 1 aromatic heterocycles. The molecule has 0 radical (unpaired) electrons. The van der Waals surface area contributed by atoms with Crippen LogP contribution in [0.15, 0.2) is 16.5 Å². The molecule has 0 bridgehead atoms. The Morgan fingerprint density at radius 3 is 2.38 bits per heavy atom. The van der Waals surface area contributed by atoms with Crippen molar-refractivity contribution in [3.63, 3.8) is 0 Å². The van der Waals surface area contributed by atoms with Gasteiger partial charge in [-0.2, -0.15) is 0 Å². The van der Waals surface area contributed by atoms with Crippen LogP contribution in [0.4, 0.5) is 0 Å². The fourth-order valence-electron chi connectivity index (χ4n) is 1.26. The summed E-state index contributed by atoms with van der Waals surface area (Å²) < 4.78 is 27.4. The second-order valence-corrected chi connectivity index (χ2v) is 5.08. The summed E-state index contributed by atoms with van der Waals surface area (Å²) in [5.74, 6) is 0.627. The van der Waals surface area contributed by atoms with E-state index in [1.54, 1.807) is 19.9 Å². The van der Waals surface area contributed by atoms with E-state index >= 15 is 0 Å². The molecule has 0 aliphatic carbocycles. The Kier molecular flexibility index (Phi) is 4.93. The Morgan fingerprint density at radius 1 is 1.31 bits per heavy atom. The van der Waals surface area contributed by atoms with Crippen molar-refractivity contribution in [1.29, 1.82) is 0 Å². The summed E-state index contributed by atoms with van der Waals surface area (Å²) in [6, 6.07) is 3.11. The Hall–Kier alpha value is -0.900. The van der Waals surface area contributed by atoms with Crippen molar-refractivity contribution in [1.82, 2.24) is 0 Å². The molecule has 0 fully saturated rings. The number of furan rings is 1. The predicted octanol–water partition coefficient (Wildman–Crippen LogP) is 2.86. The average Bonchev–Trinajstić information content (AvgIpc) is 2.65. The van der Waals surface area contributed by atoms with E-state index in [1.165, 1.54) is 6.07 Å². The van der Waals surface area contributed by atoms with Gasteiger partial charge in [0.25, 0.3) is 0 Å². The summed E-state index contributed by atoms with van der Waals surface area (Å²) >= 11 is 0. The Balaban J connectivity index is 2.74. The molecule has 0 atom stereocenters. The third kappa shape index (κ3) is 3.59. The van der Waals surface area contributed by atoms with Crippen LogP contribution in [0, 0.1) is 0 Å². The lowest BCUT2D eigenvalue weighted by Gasteiger charge is -2.15. The van der Waals surface area contributed by atoms with E-state index in [9.17, 15) is 9.36 Å². The van der Waals surface area contributed by atoms with Crippen LogP contribution in [-0.4, -0.2) is 19.5 Å². The molecule has 0 amide bonds. The van der Waals surface area contributed by atoms with E-state index in [0.717, 1.165) is 0 Å². The second kappa shape index (κ2) is 5.99. The van der Waals surface area contributed by atoms with E-state index in [1.807, 2.05) is 0 Å². The number of hydrogen-bond acceptors (Lipinski definition) is 5. The van der Waals surface area contributed by atoms with Crippen molar-refractivity contribution in [2.45, 2.75) is 20.0 Å². The summed E-state index contributed by atoms with van der Waals surface area (Å²) in [6.07, 6.45) is 0.637. The molecule has 0 saturated heterocycles. The predicted molar refractivity (Wildman–Crippen MR) is 58.7 cm³/mol. The molecule has 1 heterocycles. The SMILES string of the molecule is CCOP(=O)(Cc1ccc(C=O)o1)OCC. The van der Waals surface area contributed by atoms with E-state index in [2.05, 4.69) is 0 Å². The fourth-order valence-corrected chi connectivity index (χ4v) is 2.85. The lowest BCUT2D eigenvalue weighted by atomic mass is 10.4. The first-order valence-corrected chi connectivity index (χ1v) is 6.78. The molecule has 5 nitrogen and oxygen atoms in total. The number of aldehydes is 1. The molecule has 0 aliphatic heterocycles. The van der Waals surface area contributed by atoms with Gasteiger partial charge in [-0.15, -0.1) is 0 Å². The van der Waals surface area contributed by atoms with Crippen LogP contribution in [0.5, 0.6) is 0 Å². The lowest BCUT2D eigenvalue weighted by Crippen LogP contribution is -1.98. The van der Waals surface area contributed by atoms with Crippen LogP contribution in [0.2, 0.25) is 0 Å². The van der Waals surface area contributed by atoms with Gasteiger partial charge in [0.15, 0.2) is 12.0 Å². The van der Waals surface area contributed by atoms with E-state index < -0.39 is 7.60 Å². The monoisotopic (exact) mass is 246 g/mol. The first-order chi connectivity index (χ1) is 7.63. The maximum Gasteiger partial charge on any atom is 0.338 e. The molecule has 0 unspecified atom stereocenters. The van der Waals surface area contributed by atoms with Crippen LogP contribution < -0.4 is 0 Å². The maximum absolute atomic E-state index is 12.1. The molecule has 0 aromatic carbocycles. The van der Waals surface area contributed by atoms with Gasteiger partial charge in [0.05, 0.1) is 13.2 Å². The van der Waals surface area contributed by atoms with Gasteiger partial charge in [0.1, 0.15) is 11.9 Å². The maximum atomic E-state index is 12.1. The van der Waals surface area contributed by atoms with Gasteiger partial charge < -0.3 is 13.5 Å². The Labute approximate surface area is 94.3 Å². The normalized spacial score (nSPS) is 11.6. The first-order valence-electron chi connectivity index (χ1n) is 5.05. The molecule has 0 spiro atoms. The molecule has 6 heteroatoms. The topological polar surface area (TPSA) is 65.7 Å². The molecular formula is C10H15O5P. The van der Waals surface area contributed by atoms with Crippen molar-refractivity contribution >= 4 is 13.9 Å². The highest BCUT2D eigenvalue weighted by Gasteiger charge is 2.25. The summed E-state index contributed by atoms with van der Waals surface area (Å²) in [4.78, 5) is 10.4. The summed E-state index contributed by atoms with van der Waals surface area (Å²) in [5.41, 5.74) is 0. The van der Waals surface area contributed by atoms with Crippen molar-refractivity contribution in [3.05, 3.63) is 23.7 Å². The van der Waals surface area contributed by atoms with Crippen molar-refractivity contribution < 1.29 is 22.8 Å².